The molecule has 7 heteroatoms. The fraction of sp³-hybridized carbons (Fsp3) is 0.381. The number of nitrogens with zero attached hydrogens (tertiary/aromatic N) is 1. The van der Waals surface area contributed by atoms with Crippen molar-refractivity contribution in [3.8, 4) is 17.2 Å². The molecule has 2 N–H and O–H groups in total. The average molecular weight is 499 g/mol. The van der Waals surface area contributed by atoms with Crippen LogP contribution in [0.15, 0.2) is 41.4 Å². The van der Waals surface area contributed by atoms with Crippen molar-refractivity contribution in [2.75, 3.05) is 27.9 Å². The van der Waals surface area contributed by atoms with E-state index < -0.39 is 0 Å². The van der Waals surface area contributed by atoms with Gasteiger partial charge in [-0.05, 0) is 48.7 Å². The zero-order valence-corrected chi connectivity index (χ0v) is 19.5. The maximum Gasteiger partial charge on any atom is 0.191 e. The van der Waals surface area contributed by atoms with Crippen molar-refractivity contribution < 1.29 is 14.2 Å². The SMILES string of the molecule is CCNC(=NCc1ccc(OC)c(C)c1)NCc1ccc(OC)c(OC)c1.I. The lowest BCUT2D eigenvalue weighted by Gasteiger charge is -2.13. The van der Waals surface area contributed by atoms with E-state index in [1.54, 1.807) is 21.3 Å². The smallest absolute Gasteiger partial charge is 0.191 e. The highest BCUT2D eigenvalue weighted by molar-refractivity contribution is 14.0. The number of rotatable bonds is 8. The highest BCUT2D eigenvalue weighted by Crippen LogP contribution is 2.27. The van der Waals surface area contributed by atoms with Gasteiger partial charge in [-0.25, -0.2) is 4.99 Å². The molecule has 28 heavy (non-hydrogen) atoms. The second-order valence-corrected chi connectivity index (χ2v) is 6.04. The molecule has 0 radical (unpaired) electrons. The summed E-state index contributed by atoms with van der Waals surface area (Å²) in [7, 11) is 4.95. The number of aryl methyl sites for hydroxylation is 1. The standard InChI is InChI=1S/C21H29N3O3.HI/c1-6-22-21(23-13-16-7-9-18(25-3)15(2)11-16)24-14-17-8-10-19(26-4)20(12-17)27-5;/h7-12H,6,13-14H2,1-5H3,(H2,22,23,24);1H. The number of hydrogen-bond acceptors (Lipinski definition) is 4. The highest BCUT2D eigenvalue weighted by Gasteiger charge is 2.06. The van der Waals surface area contributed by atoms with E-state index in [0.29, 0.717) is 18.8 Å². The third kappa shape index (κ3) is 6.78. The molecule has 0 heterocycles. The molecule has 0 saturated carbocycles. The Hall–Kier alpha value is -2.16. The first-order valence-corrected chi connectivity index (χ1v) is 8.97. The maximum atomic E-state index is 5.36. The summed E-state index contributed by atoms with van der Waals surface area (Å²) in [4.78, 5) is 4.67. The quantitative estimate of drug-likeness (QED) is 0.328. The van der Waals surface area contributed by atoms with Gasteiger partial charge in [-0.3, -0.25) is 0 Å². The summed E-state index contributed by atoms with van der Waals surface area (Å²) in [6.45, 7) is 6.09. The predicted octanol–water partition coefficient (Wildman–Crippen LogP) is 3.89. The van der Waals surface area contributed by atoms with Crippen LogP contribution in [0, 0.1) is 6.92 Å². The zero-order valence-electron chi connectivity index (χ0n) is 17.2. The molecule has 0 spiro atoms. The van der Waals surface area contributed by atoms with Crippen molar-refractivity contribution >= 4 is 29.9 Å². The monoisotopic (exact) mass is 499 g/mol. The molecule has 0 aliphatic carbocycles. The molecule has 0 aliphatic rings. The molecule has 0 aromatic heterocycles. The van der Waals surface area contributed by atoms with Crippen LogP contribution in [0.4, 0.5) is 0 Å². The van der Waals surface area contributed by atoms with E-state index >= 15 is 0 Å². The normalized spacial score (nSPS) is 10.7. The van der Waals surface area contributed by atoms with E-state index in [2.05, 4.69) is 21.7 Å². The van der Waals surface area contributed by atoms with Gasteiger partial charge in [0.15, 0.2) is 17.5 Å². The lowest BCUT2D eigenvalue weighted by molar-refractivity contribution is 0.354. The van der Waals surface area contributed by atoms with Gasteiger partial charge in [0.25, 0.3) is 0 Å². The second kappa shape index (κ2) is 12.3. The molecule has 0 amide bonds. The van der Waals surface area contributed by atoms with E-state index in [-0.39, 0.29) is 24.0 Å². The Bertz CT molecular complexity index is 781. The van der Waals surface area contributed by atoms with E-state index in [1.807, 2.05) is 44.2 Å². The Morgan fingerprint density at radius 1 is 0.857 bits per heavy atom. The third-order valence-corrected chi connectivity index (χ3v) is 4.13. The van der Waals surface area contributed by atoms with Crippen molar-refractivity contribution in [3.63, 3.8) is 0 Å². The number of benzene rings is 2. The molecule has 154 valence electrons. The van der Waals surface area contributed by atoms with Gasteiger partial charge < -0.3 is 24.8 Å². The zero-order chi connectivity index (χ0) is 19.6. The number of halogens is 1. The van der Waals surface area contributed by atoms with Crippen LogP contribution in [0.3, 0.4) is 0 Å². The molecule has 0 bridgehead atoms. The first kappa shape index (κ1) is 23.9. The molecular formula is C21H30IN3O3. The van der Waals surface area contributed by atoms with Crippen LogP contribution in [0.2, 0.25) is 0 Å². The lowest BCUT2D eigenvalue weighted by Crippen LogP contribution is -2.36. The van der Waals surface area contributed by atoms with E-state index in [0.717, 1.165) is 40.7 Å². The molecule has 0 atom stereocenters. The first-order chi connectivity index (χ1) is 13.1. The van der Waals surface area contributed by atoms with Crippen LogP contribution in [0.1, 0.15) is 23.6 Å². The molecule has 0 fully saturated rings. The number of methoxy groups -OCH3 is 3. The summed E-state index contributed by atoms with van der Waals surface area (Å²) < 4.78 is 15.9. The van der Waals surface area contributed by atoms with Crippen LogP contribution >= 0.6 is 24.0 Å². The van der Waals surface area contributed by atoms with Gasteiger partial charge in [-0.2, -0.15) is 0 Å². The predicted molar refractivity (Wildman–Crippen MR) is 124 cm³/mol. The Labute approximate surface area is 184 Å². The topological polar surface area (TPSA) is 64.1 Å². The molecule has 0 saturated heterocycles. The highest BCUT2D eigenvalue weighted by atomic mass is 127. The van der Waals surface area contributed by atoms with Gasteiger partial charge in [-0.15, -0.1) is 24.0 Å². The average Bonchev–Trinajstić information content (AvgIpc) is 2.69. The number of hydrogen-bond donors (Lipinski definition) is 2. The number of aliphatic imine (C=N–C) groups is 1. The summed E-state index contributed by atoms with van der Waals surface area (Å²) >= 11 is 0. The Morgan fingerprint density at radius 3 is 2.11 bits per heavy atom. The van der Waals surface area contributed by atoms with Crippen molar-refractivity contribution in [2.45, 2.75) is 26.9 Å². The van der Waals surface area contributed by atoms with Crippen molar-refractivity contribution in [1.82, 2.24) is 10.6 Å². The largest absolute Gasteiger partial charge is 0.496 e. The van der Waals surface area contributed by atoms with Crippen molar-refractivity contribution in [3.05, 3.63) is 53.1 Å². The Morgan fingerprint density at radius 2 is 1.50 bits per heavy atom. The molecule has 2 rings (SSSR count). The minimum absolute atomic E-state index is 0. The Kier molecular flexibility index (Phi) is 10.5. The van der Waals surface area contributed by atoms with Crippen LogP contribution in [0.5, 0.6) is 17.2 Å². The van der Waals surface area contributed by atoms with E-state index in [4.69, 9.17) is 14.2 Å². The molecule has 6 nitrogen and oxygen atoms in total. The van der Waals surface area contributed by atoms with Crippen LogP contribution in [-0.2, 0) is 13.1 Å². The maximum absolute atomic E-state index is 5.36. The number of guanidine groups is 1. The molecule has 2 aromatic carbocycles. The van der Waals surface area contributed by atoms with Gasteiger partial charge in [0.1, 0.15) is 5.75 Å². The minimum Gasteiger partial charge on any atom is -0.496 e. The van der Waals surface area contributed by atoms with Crippen LogP contribution in [0.25, 0.3) is 0 Å². The minimum atomic E-state index is 0. The Balaban J connectivity index is 0.00000392. The van der Waals surface area contributed by atoms with E-state index in [9.17, 15) is 0 Å². The molecular weight excluding hydrogens is 469 g/mol. The fourth-order valence-electron chi connectivity index (χ4n) is 2.73. The van der Waals surface area contributed by atoms with Crippen molar-refractivity contribution in [2.24, 2.45) is 4.99 Å². The van der Waals surface area contributed by atoms with E-state index in [1.165, 1.54) is 0 Å². The summed E-state index contributed by atoms with van der Waals surface area (Å²) in [5, 5.41) is 6.62. The second-order valence-electron chi connectivity index (χ2n) is 6.04. The fourth-order valence-corrected chi connectivity index (χ4v) is 2.73. The lowest BCUT2D eigenvalue weighted by atomic mass is 10.1. The summed E-state index contributed by atoms with van der Waals surface area (Å²) in [6, 6.07) is 12.0. The molecule has 0 aliphatic heterocycles. The summed E-state index contributed by atoms with van der Waals surface area (Å²) in [6.07, 6.45) is 0. The van der Waals surface area contributed by atoms with Crippen LogP contribution in [-0.4, -0.2) is 33.8 Å². The van der Waals surface area contributed by atoms with Gasteiger partial charge in [0.05, 0.1) is 27.9 Å². The number of ether oxygens (including phenoxy) is 3. The van der Waals surface area contributed by atoms with Crippen molar-refractivity contribution in [1.29, 1.82) is 0 Å². The molecule has 2 aromatic rings. The van der Waals surface area contributed by atoms with Gasteiger partial charge in [0, 0.05) is 13.1 Å². The third-order valence-electron chi connectivity index (χ3n) is 4.13. The summed E-state index contributed by atoms with van der Waals surface area (Å²) in [5.41, 5.74) is 3.32. The number of nitrogens with one attached hydrogen (secondary N) is 2. The van der Waals surface area contributed by atoms with Gasteiger partial charge >= 0.3 is 0 Å². The van der Waals surface area contributed by atoms with Gasteiger partial charge in [0.2, 0.25) is 0 Å². The van der Waals surface area contributed by atoms with Gasteiger partial charge in [-0.1, -0.05) is 18.2 Å². The van der Waals surface area contributed by atoms with Crippen LogP contribution < -0.4 is 24.8 Å². The molecule has 0 unspecified atom stereocenters. The summed E-state index contributed by atoms with van der Waals surface area (Å²) in [5.74, 6) is 3.09. The first-order valence-electron chi connectivity index (χ1n) is 8.97.